The highest BCUT2D eigenvalue weighted by atomic mass is 79.9. The van der Waals surface area contributed by atoms with Crippen LogP contribution in [0.1, 0.15) is 11.1 Å². The van der Waals surface area contributed by atoms with Crippen molar-refractivity contribution in [1.29, 1.82) is 0 Å². The van der Waals surface area contributed by atoms with Crippen LogP contribution in [0, 0.1) is 6.92 Å². The van der Waals surface area contributed by atoms with Gasteiger partial charge in [-0.15, -0.1) is 0 Å². The number of hydrogen-bond donors (Lipinski definition) is 0. The van der Waals surface area contributed by atoms with Gasteiger partial charge in [-0.2, -0.15) is 5.10 Å². The lowest BCUT2D eigenvalue weighted by Crippen LogP contribution is -2.05. The predicted molar refractivity (Wildman–Crippen MR) is 119 cm³/mol. The molecule has 0 amide bonds. The largest absolute Gasteiger partial charge is 0.260 e. The molecule has 4 aromatic rings. The van der Waals surface area contributed by atoms with Gasteiger partial charge in [0.2, 0.25) is 0 Å². The van der Waals surface area contributed by atoms with E-state index in [4.69, 9.17) is 5.10 Å². The van der Waals surface area contributed by atoms with Crippen LogP contribution in [0.25, 0.3) is 22.5 Å². The highest BCUT2D eigenvalue weighted by Crippen LogP contribution is 2.30. The average Bonchev–Trinajstić information content (AvgIpc) is 3.08. The first-order chi connectivity index (χ1) is 13.1. The van der Waals surface area contributed by atoms with E-state index >= 15 is 0 Å². The molecule has 0 saturated carbocycles. The molecule has 3 aromatic carbocycles. The molecule has 0 radical (unpaired) electrons. The first-order valence-corrected chi connectivity index (χ1v) is 10.3. The summed E-state index contributed by atoms with van der Waals surface area (Å²) in [4.78, 5) is 0. The van der Waals surface area contributed by atoms with Crippen molar-refractivity contribution in [3.05, 3.63) is 98.9 Å². The summed E-state index contributed by atoms with van der Waals surface area (Å²) in [6.07, 6.45) is 0. The van der Waals surface area contributed by atoms with Gasteiger partial charge in [0.1, 0.15) is 0 Å². The molecule has 0 aliphatic carbocycles. The van der Waals surface area contributed by atoms with Crippen LogP contribution in [0.2, 0.25) is 0 Å². The van der Waals surface area contributed by atoms with Crippen molar-refractivity contribution < 1.29 is 0 Å². The molecular weight excluding hydrogens is 464 g/mol. The number of aryl methyl sites for hydroxylation is 1. The summed E-state index contributed by atoms with van der Waals surface area (Å²) in [5.41, 5.74) is 6.88. The van der Waals surface area contributed by atoms with Gasteiger partial charge in [-0.1, -0.05) is 80.4 Å². The summed E-state index contributed by atoms with van der Waals surface area (Å²) in [5, 5.41) is 4.94. The normalized spacial score (nSPS) is 10.9. The van der Waals surface area contributed by atoms with E-state index in [-0.39, 0.29) is 0 Å². The molecule has 0 aliphatic rings. The van der Waals surface area contributed by atoms with Crippen LogP contribution < -0.4 is 0 Å². The van der Waals surface area contributed by atoms with Crippen molar-refractivity contribution >= 4 is 31.9 Å². The fraction of sp³-hybridized carbons (Fsp3) is 0.0870. The zero-order chi connectivity index (χ0) is 18.8. The van der Waals surface area contributed by atoms with Gasteiger partial charge in [0.25, 0.3) is 0 Å². The first kappa shape index (κ1) is 18.2. The van der Waals surface area contributed by atoms with E-state index in [2.05, 4.69) is 104 Å². The smallest absolute Gasteiger partial charge is 0.0930 e. The van der Waals surface area contributed by atoms with E-state index in [1.807, 2.05) is 18.2 Å². The van der Waals surface area contributed by atoms with Crippen LogP contribution in [0.5, 0.6) is 0 Å². The van der Waals surface area contributed by atoms with Gasteiger partial charge in [-0.3, -0.25) is 4.68 Å². The number of benzene rings is 3. The summed E-state index contributed by atoms with van der Waals surface area (Å²) in [6.45, 7) is 2.88. The second-order valence-electron chi connectivity index (χ2n) is 6.52. The minimum atomic E-state index is 0.739. The SMILES string of the molecule is Cc1ccccc1Cn1nc(-c2cccc(Br)c2)cc1-c1cccc(Br)c1. The second-order valence-corrected chi connectivity index (χ2v) is 8.35. The number of hydrogen-bond acceptors (Lipinski definition) is 1. The summed E-state index contributed by atoms with van der Waals surface area (Å²) < 4.78 is 4.21. The molecule has 1 aromatic heterocycles. The van der Waals surface area contributed by atoms with Crippen molar-refractivity contribution in [2.75, 3.05) is 0 Å². The van der Waals surface area contributed by atoms with Crippen LogP contribution in [0.15, 0.2) is 87.8 Å². The van der Waals surface area contributed by atoms with E-state index in [0.29, 0.717) is 0 Å². The lowest BCUT2D eigenvalue weighted by molar-refractivity contribution is 0.694. The highest BCUT2D eigenvalue weighted by Gasteiger charge is 2.13. The Morgan fingerprint density at radius 3 is 2.15 bits per heavy atom. The molecule has 27 heavy (non-hydrogen) atoms. The molecule has 0 unspecified atom stereocenters. The fourth-order valence-electron chi connectivity index (χ4n) is 3.16. The van der Waals surface area contributed by atoms with E-state index in [1.54, 1.807) is 0 Å². The maximum absolute atomic E-state index is 4.94. The van der Waals surface area contributed by atoms with Crippen molar-refractivity contribution in [3.63, 3.8) is 0 Å². The molecule has 0 fully saturated rings. The lowest BCUT2D eigenvalue weighted by atomic mass is 10.1. The Bertz CT molecular complexity index is 1100. The Hall–Kier alpha value is -2.17. The first-order valence-electron chi connectivity index (χ1n) is 8.74. The summed E-state index contributed by atoms with van der Waals surface area (Å²) in [6, 6.07) is 27.3. The molecule has 4 heteroatoms. The zero-order valence-electron chi connectivity index (χ0n) is 14.9. The number of nitrogens with zero attached hydrogens (tertiary/aromatic N) is 2. The Morgan fingerprint density at radius 2 is 1.44 bits per heavy atom. The van der Waals surface area contributed by atoms with Gasteiger partial charge in [0.15, 0.2) is 0 Å². The second kappa shape index (κ2) is 7.83. The van der Waals surface area contributed by atoms with Crippen LogP contribution >= 0.6 is 31.9 Å². The topological polar surface area (TPSA) is 17.8 Å². The Kier molecular flexibility index (Phi) is 5.28. The van der Waals surface area contributed by atoms with Crippen molar-refractivity contribution in [3.8, 4) is 22.5 Å². The van der Waals surface area contributed by atoms with Crippen molar-refractivity contribution in [2.24, 2.45) is 0 Å². The molecular formula is C23H18Br2N2. The molecule has 0 saturated heterocycles. The number of rotatable bonds is 4. The molecule has 1 heterocycles. The zero-order valence-corrected chi connectivity index (χ0v) is 18.0. The summed E-state index contributed by atoms with van der Waals surface area (Å²) in [5.74, 6) is 0. The molecule has 2 nitrogen and oxygen atoms in total. The molecule has 0 N–H and O–H groups in total. The van der Waals surface area contributed by atoms with E-state index in [1.165, 1.54) is 11.1 Å². The fourth-order valence-corrected chi connectivity index (χ4v) is 3.95. The monoisotopic (exact) mass is 480 g/mol. The van der Waals surface area contributed by atoms with E-state index < -0.39 is 0 Å². The maximum atomic E-state index is 4.94. The lowest BCUT2D eigenvalue weighted by Gasteiger charge is -2.10. The highest BCUT2D eigenvalue weighted by molar-refractivity contribution is 9.10. The van der Waals surface area contributed by atoms with Crippen LogP contribution in [0.4, 0.5) is 0 Å². The third kappa shape index (κ3) is 4.07. The molecule has 0 bridgehead atoms. The quantitative estimate of drug-likeness (QED) is 0.304. The molecule has 0 aliphatic heterocycles. The van der Waals surface area contributed by atoms with Gasteiger partial charge >= 0.3 is 0 Å². The Labute approximate surface area is 176 Å². The van der Waals surface area contributed by atoms with Crippen LogP contribution in [-0.2, 0) is 6.54 Å². The number of aromatic nitrogens is 2. The minimum absolute atomic E-state index is 0.739. The average molecular weight is 482 g/mol. The Balaban J connectivity index is 1.84. The van der Waals surface area contributed by atoms with Gasteiger partial charge < -0.3 is 0 Å². The Morgan fingerprint density at radius 1 is 0.778 bits per heavy atom. The minimum Gasteiger partial charge on any atom is -0.260 e. The van der Waals surface area contributed by atoms with Gasteiger partial charge in [-0.25, -0.2) is 0 Å². The third-order valence-corrected chi connectivity index (χ3v) is 5.59. The number of halogens is 2. The molecule has 0 spiro atoms. The molecule has 0 atom stereocenters. The van der Waals surface area contributed by atoms with Gasteiger partial charge in [-0.05, 0) is 48.4 Å². The predicted octanol–water partition coefficient (Wildman–Crippen LogP) is 7.10. The van der Waals surface area contributed by atoms with Gasteiger partial charge in [0, 0.05) is 20.1 Å². The summed E-state index contributed by atoms with van der Waals surface area (Å²) >= 11 is 7.15. The van der Waals surface area contributed by atoms with Gasteiger partial charge in [0.05, 0.1) is 17.9 Å². The third-order valence-electron chi connectivity index (χ3n) is 4.60. The van der Waals surface area contributed by atoms with Crippen LogP contribution in [0.3, 0.4) is 0 Å². The van der Waals surface area contributed by atoms with Crippen LogP contribution in [-0.4, -0.2) is 9.78 Å². The molecule has 134 valence electrons. The van der Waals surface area contributed by atoms with Crippen molar-refractivity contribution in [2.45, 2.75) is 13.5 Å². The standard InChI is InChI=1S/C23H18Br2N2/c1-16-6-2-3-7-19(16)15-27-23(18-9-5-11-21(25)13-18)14-22(26-27)17-8-4-10-20(24)12-17/h2-14H,15H2,1H3. The maximum Gasteiger partial charge on any atom is 0.0930 e. The van der Waals surface area contributed by atoms with Crippen molar-refractivity contribution in [1.82, 2.24) is 9.78 Å². The van der Waals surface area contributed by atoms with E-state index in [9.17, 15) is 0 Å². The molecule has 4 rings (SSSR count). The summed E-state index contributed by atoms with van der Waals surface area (Å²) in [7, 11) is 0. The van der Waals surface area contributed by atoms with E-state index in [0.717, 1.165) is 38.0 Å².